The Morgan fingerprint density at radius 1 is 1.41 bits per heavy atom. The quantitative estimate of drug-likeness (QED) is 0.889. The van der Waals surface area contributed by atoms with E-state index in [9.17, 15) is 0 Å². The summed E-state index contributed by atoms with van der Waals surface area (Å²) in [5, 5.41) is 12.3. The number of hydrogen-bond donors (Lipinski definition) is 1. The van der Waals surface area contributed by atoms with E-state index in [0.717, 1.165) is 25.7 Å². The van der Waals surface area contributed by atoms with Crippen LogP contribution in [-0.4, -0.2) is 40.4 Å². The molecule has 1 saturated carbocycles. The van der Waals surface area contributed by atoms with Crippen molar-refractivity contribution in [2.45, 2.75) is 38.4 Å². The molecule has 1 aliphatic heterocycles. The molecule has 2 aliphatic rings. The lowest BCUT2D eigenvalue weighted by atomic mass is 9.93. The van der Waals surface area contributed by atoms with Gasteiger partial charge in [0.05, 0.1) is 6.54 Å². The molecule has 4 rings (SSSR count). The van der Waals surface area contributed by atoms with Crippen LogP contribution in [0.1, 0.15) is 24.8 Å². The Balaban J connectivity index is 1.43. The number of nitrogens with one attached hydrogen (secondary N) is 1. The normalized spacial score (nSPS) is 23.2. The van der Waals surface area contributed by atoms with Crippen LogP contribution in [0.15, 0.2) is 35.3 Å². The second kappa shape index (κ2) is 6.14. The molecule has 1 saturated heterocycles. The molecule has 0 amide bonds. The van der Waals surface area contributed by atoms with E-state index in [0.29, 0.717) is 5.41 Å². The molecule has 4 nitrogen and oxygen atoms in total. The summed E-state index contributed by atoms with van der Waals surface area (Å²) in [6.45, 7) is 5.56. The highest BCUT2D eigenvalue weighted by Crippen LogP contribution is 2.55. The van der Waals surface area contributed by atoms with Crippen LogP contribution < -0.4 is 5.32 Å². The average molecular weight is 316 g/mol. The number of nitrogens with zero attached hydrogens (tertiary/aromatic N) is 3. The molecule has 3 heterocycles. The highest BCUT2D eigenvalue weighted by atomic mass is 32.1. The van der Waals surface area contributed by atoms with Gasteiger partial charge in [0.2, 0.25) is 0 Å². The zero-order chi connectivity index (χ0) is 14.8. The highest BCUT2D eigenvalue weighted by molar-refractivity contribution is 7.07. The van der Waals surface area contributed by atoms with Gasteiger partial charge in [-0.15, -0.1) is 0 Å². The number of piperidine rings is 1. The van der Waals surface area contributed by atoms with Gasteiger partial charge in [-0.25, -0.2) is 0 Å². The highest BCUT2D eigenvalue weighted by Gasteiger charge is 2.56. The fourth-order valence-corrected chi connectivity index (χ4v) is 4.59. The van der Waals surface area contributed by atoms with Crippen molar-refractivity contribution in [3.63, 3.8) is 0 Å². The standard InChI is InChI=1S/C17H24N4S/c1-5-19-21(8-1)10-9-20(13-15-2-11-22-14-15)16-12-17(16)3-6-18-7-4-17/h1-2,5,8,11,14,16,18H,3-4,6-7,9-10,12-13H2. The Morgan fingerprint density at radius 3 is 3.05 bits per heavy atom. The molecule has 1 spiro atoms. The van der Waals surface area contributed by atoms with Crippen molar-refractivity contribution in [2.24, 2.45) is 5.41 Å². The second-order valence-corrected chi connectivity index (χ2v) is 7.48. The van der Waals surface area contributed by atoms with Crippen molar-refractivity contribution in [1.82, 2.24) is 20.0 Å². The number of aromatic nitrogens is 2. The van der Waals surface area contributed by atoms with E-state index in [-0.39, 0.29) is 0 Å². The van der Waals surface area contributed by atoms with E-state index in [4.69, 9.17) is 0 Å². The van der Waals surface area contributed by atoms with Gasteiger partial charge in [-0.05, 0) is 66.2 Å². The summed E-state index contributed by atoms with van der Waals surface area (Å²) in [6, 6.07) is 5.04. The largest absolute Gasteiger partial charge is 0.317 e. The van der Waals surface area contributed by atoms with Gasteiger partial charge in [-0.2, -0.15) is 16.4 Å². The van der Waals surface area contributed by atoms with Gasteiger partial charge in [0.15, 0.2) is 0 Å². The van der Waals surface area contributed by atoms with Gasteiger partial charge in [0.25, 0.3) is 0 Å². The summed E-state index contributed by atoms with van der Waals surface area (Å²) in [4.78, 5) is 2.70. The zero-order valence-electron chi connectivity index (χ0n) is 12.9. The third-order valence-electron chi connectivity index (χ3n) is 5.33. The van der Waals surface area contributed by atoms with Gasteiger partial charge in [-0.1, -0.05) is 0 Å². The molecule has 2 aromatic heterocycles. The maximum atomic E-state index is 4.35. The van der Waals surface area contributed by atoms with Crippen molar-refractivity contribution in [2.75, 3.05) is 19.6 Å². The van der Waals surface area contributed by atoms with Gasteiger partial charge in [-0.3, -0.25) is 9.58 Å². The Labute approximate surface area is 136 Å². The van der Waals surface area contributed by atoms with Gasteiger partial charge < -0.3 is 5.32 Å². The van der Waals surface area contributed by atoms with Crippen LogP contribution >= 0.6 is 11.3 Å². The van der Waals surface area contributed by atoms with E-state index < -0.39 is 0 Å². The zero-order valence-corrected chi connectivity index (χ0v) is 13.8. The SMILES string of the molecule is c1cnn(CCN(Cc2ccsc2)C2CC23CCNCC3)c1. The molecular formula is C17H24N4S. The summed E-state index contributed by atoms with van der Waals surface area (Å²) < 4.78 is 2.05. The van der Waals surface area contributed by atoms with Crippen LogP contribution in [0.5, 0.6) is 0 Å². The molecule has 1 aliphatic carbocycles. The molecule has 2 fully saturated rings. The number of hydrogen-bond acceptors (Lipinski definition) is 4. The van der Waals surface area contributed by atoms with Crippen molar-refractivity contribution in [3.05, 3.63) is 40.8 Å². The molecule has 2 aromatic rings. The van der Waals surface area contributed by atoms with Crippen LogP contribution in [0.4, 0.5) is 0 Å². The lowest BCUT2D eigenvalue weighted by molar-refractivity contribution is 0.187. The smallest absolute Gasteiger partial charge is 0.0536 e. The number of rotatable bonds is 6. The summed E-state index contributed by atoms with van der Waals surface area (Å²) in [5.74, 6) is 0. The Morgan fingerprint density at radius 2 is 2.32 bits per heavy atom. The van der Waals surface area contributed by atoms with Crippen LogP contribution in [0.2, 0.25) is 0 Å². The third kappa shape index (κ3) is 2.98. The van der Waals surface area contributed by atoms with E-state index >= 15 is 0 Å². The minimum absolute atomic E-state index is 0.603. The van der Waals surface area contributed by atoms with Crippen molar-refractivity contribution >= 4 is 11.3 Å². The Kier molecular flexibility index (Phi) is 4.03. The van der Waals surface area contributed by atoms with Crippen LogP contribution in [-0.2, 0) is 13.1 Å². The molecule has 0 aromatic carbocycles. The van der Waals surface area contributed by atoms with E-state index in [1.807, 2.05) is 12.3 Å². The lowest BCUT2D eigenvalue weighted by Crippen LogP contribution is -2.37. The van der Waals surface area contributed by atoms with Crippen molar-refractivity contribution < 1.29 is 0 Å². The van der Waals surface area contributed by atoms with Crippen LogP contribution in [0.3, 0.4) is 0 Å². The molecule has 1 N–H and O–H groups in total. The summed E-state index contributed by atoms with van der Waals surface area (Å²) in [5.41, 5.74) is 2.06. The second-order valence-electron chi connectivity index (χ2n) is 6.70. The van der Waals surface area contributed by atoms with Gasteiger partial charge in [0, 0.05) is 31.5 Å². The van der Waals surface area contributed by atoms with E-state index in [1.165, 1.54) is 37.9 Å². The molecule has 22 heavy (non-hydrogen) atoms. The molecule has 0 radical (unpaired) electrons. The maximum absolute atomic E-state index is 4.35. The topological polar surface area (TPSA) is 33.1 Å². The van der Waals surface area contributed by atoms with E-state index in [1.54, 1.807) is 11.3 Å². The molecule has 1 atom stereocenters. The molecule has 1 unspecified atom stereocenters. The predicted octanol–water partition coefficient (Wildman–Crippen LogP) is 2.59. The number of thiophene rings is 1. The molecular weight excluding hydrogens is 292 g/mol. The minimum Gasteiger partial charge on any atom is -0.317 e. The van der Waals surface area contributed by atoms with Gasteiger partial charge >= 0.3 is 0 Å². The van der Waals surface area contributed by atoms with Crippen molar-refractivity contribution in [3.8, 4) is 0 Å². The Hall–Kier alpha value is -1.17. The predicted molar refractivity (Wildman–Crippen MR) is 89.9 cm³/mol. The monoisotopic (exact) mass is 316 g/mol. The summed E-state index contributed by atoms with van der Waals surface area (Å²) in [6.07, 6.45) is 8.02. The maximum Gasteiger partial charge on any atom is 0.0536 e. The lowest BCUT2D eigenvalue weighted by Gasteiger charge is -2.29. The van der Waals surface area contributed by atoms with Crippen molar-refractivity contribution in [1.29, 1.82) is 0 Å². The molecule has 5 heteroatoms. The van der Waals surface area contributed by atoms with Gasteiger partial charge in [0.1, 0.15) is 0 Å². The first kappa shape index (κ1) is 14.4. The first-order chi connectivity index (χ1) is 10.9. The van der Waals surface area contributed by atoms with Crippen LogP contribution in [0.25, 0.3) is 0 Å². The summed E-state index contributed by atoms with van der Waals surface area (Å²) >= 11 is 1.80. The van der Waals surface area contributed by atoms with E-state index in [2.05, 4.69) is 43.0 Å². The Bertz CT molecular complexity index is 572. The average Bonchev–Trinajstić information content (AvgIpc) is 2.98. The fourth-order valence-electron chi connectivity index (χ4n) is 3.93. The first-order valence-corrected chi connectivity index (χ1v) is 9.23. The van der Waals surface area contributed by atoms with Crippen LogP contribution in [0, 0.1) is 5.41 Å². The third-order valence-corrected chi connectivity index (χ3v) is 6.06. The molecule has 0 bridgehead atoms. The minimum atomic E-state index is 0.603. The fraction of sp³-hybridized carbons (Fsp3) is 0.588. The first-order valence-electron chi connectivity index (χ1n) is 8.29. The summed E-state index contributed by atoms with van der Waals surface area (Å²) in [7, 11) is 0. The molecule has 118 valence electrons.